The highest BCUT2D eigenvalue weighted by Gasteiger charge is 2.21. The average Bonchev–Trinajstić information content (AvgIpc) is 3.16. The summed E-state index contributed by atoms with van der Waals surface area (Å²) >= 11 is 1.21. The minimum Gasteiger partial charge on any atom is -0.356 e. The second-order valence-corrected chi connectivity index (χ2v) is 8.47. The van der Waals surface area contributed by atoms with Gasteiger partial charge in [-0.2, -0.15) is 5.10 Å². The molecule has 2 heterocycles. The summed E-state index contributed by atoms with van der Waals surface area (Å²) in [5.74, 6) is -0.254. The number of hydrogen-bond donors (Lipinski definition) is 2. The van der Waals surface area contributed by atoms with Gasteiger partial charge in [-0.25, -0.2) is 9.67 Å². The molecule has 32 heavy (non-hydrogen) atoms. The van der Waals surface area contributed by atoms with E-state index in [9.17, 15) is 9.59 Å². The Balaban J connectivity index is 1.54. The molecule has 0 saturated carbocycles. The summed E-state index contributed by atoms with van der Waals surface area (Å²) in [6.45, 7) is 5.47. The van der Waals surface area contributed by atoms with Crippen LogP contribution in [0.3, 0.4) is 0 Å². The second kappa shape index (κ2) is 8.76. The summed E-state index contributed by atoms with van der Waals surface area (Å²) in [6.07, 6.45) is 0. The number of anilines is 3. The lowest BCUT2D eigenvalue weighted by atomic mass is 10.1. The van der Waals surface area contributed by atoms with Gasteiger partial charge in [-0.15, -0.1) is 11.3 Å². The summed E-state index contributed by atoms with van der Waals surface area (Å²) < 4.78 is 1.30. The molecule has 0 aliphatic rings. The van der Waals surface area contributed by atoms with Gasteiger partial charge >= 0.3 is 0 Å². The van der Waals surface area contributed by atoms with Crippen LogP contribution in [0.4, 0.5) is 17.1 Å². The molecule has 7 nitrogen and oxygen atoms in total. The van der Waals surface area contributed by atoms with Crippen molar-refractivity contribution in [2.24, 2.45) is 7.05 Å². The maximum absolute atomic E-state index is 12.9. The minimum atomic E-state index is -0.254. The molecule has 8 heteroatoms. The number of rotatable bonds is 5. The minimum absolute atomic E-state index is 0.227. The Morgan fingerprint density at radius 3 is 2.22 bits per heavy atom. The molecule has 2 N–H and O–H groups in total. The predicted molar refractivity (Wildman–Crippen MR) is 129 cm³/mol. The van der Waals surface area contributed by atoms with Crippen molar-refractivity contribution in [2.45, 2.75) is 20.8 Å². The van der Waals surface area contributed by atoms with Gasteiger partial charge in [0, 0.05) is 24.1 Å². The van der Waals surface area contributed by atoms with Gasteiger partial charge in [0.05, 0.1) is 17.0 Å². The third-order valence-electron chi connectivity index (χ3n) is 5.15. The number of aryl methyl sites for hydroxylation is 3. The van der Waals surface area contributed by atoms with E-state index >= 15 is 0 Å². The van der Waals surface area contributed by atoms with Gasteiger partial charge in [0.15, 0.2) is 0 Å². The lowest BCUT2D eigenvalue weighted by molar-refractivity contribution is 0.103. The quantitative estimate of drug-likeness (QED) is 0.460. The topological polar surface area (TPSA) is 88.9 Å². The first kappa shape index (κ1) is 21.5. The normalized spacial score (nSPS) is 10.8. The van der Waals surface area contributed by atoms with Crippen molar-refractivity contribution in [2.75, 3.05) is 10.6 Å². The van der Waals surface area contributed by atoms with Crippen LogP contribution in [0.1, 0.15) is 26.6 Å². The fourth-order valence-corrected chi connectivity index (χ4v) is 4.38. The highest BCUT2D eigenvalue weighted by Crippen LogP contribution is 2.29. The van der Waals surface area contributed by atoms with Crippen LogP contribution in [0.5, 0.6) is 0 Å². The van der Waals surface area contributed by atoms with Crippen LogP contribution in [-0.4, -0.2) is 20.7 Å². The zero-order valence-corrected chi connectivity index (χ0v) is 19.1. The summed E-state index contributed by atoms with van der Waals surface area (Å²) in [4.78, 5) is 30.5. The van der Waals surface area contributed by atoms with Gasteiger partial charge in [-0.1, -0.05) is 18.2 Å². The standard InChI is InChI=1S/C24H23N5O2S/c1-14-15(2)28-29(4)24(31)20(14)23-25-16(3)21(32-23)22(30)27-19-12-10-18(11-13-19)26-17-8-6-5-7-9-17/h5-13,26H,1-4H3,(H,27,30). The maximum atomic E-state index is 12.9. The smallest absolute Gasteiger partial charge is 0.277 e. The van der Waals surface area contributed by atoms with E-state index in [2.05, 4.69) is 20.7 Å². The Morgan fingerprint density at radius 2 is 1.53 bits per heavy atom. The van der Waals surface area contributed by atoms with Gasteiger partial charge in [-0.3, -0.25) is 9.59 Å². The van der Waals surface area contributed by atoms with Crippen molar-refractivity contribution in [1.82, 2.24) is 14.8 Å². The SMILES string of the molecule is Cc1nc(-c2c(C)c(C)nn(C)c2=O)sc1C(=O)Nc1ccc(Nc2ccccc2)cc1. The van der Waals surface area contributed by atoms with E-state index in [0.717, 1.165) is 22.6 Å². The highest BCUT2D eigenvalue weighted by molar-refractivity contribution is 7.17. The maximum Gasteiger partial charge on any atom is 0.277 e. The van der Waals surface area contributed by atoms with Crippen LogP contribution < -0.4 is 16.2 Å². The molecule has 4 aromatic rings. The zero-order chi connectivity index (χ0) is 22.8. The molecule has 2 aromatic heterocycles. The first-order valence-corrected chi connectivity index (χ1v) is 10.9. The lowest BCUT2D eigenvalue weighted by Gasteiger charge is -2.08. The van der Waals surface area contributed by atoms with E-state index in [-0.39, 0.29) is 11.5 Å². The Bertz CT molecular complexity index is 1340. The van der Waals surface area contributed by atoms with Crippen molar-refractivity contribution in [3.63, 3.8) is 0 Å². The molecule has 0 spiro atoms. The number of carbonyl (C=O) groups excluding carboxylic acids is 1. The molecule has 0 radical (unpaired) electrons. The monoisotopic (exact) mass is 445 g/mol. The van der Waals surface area contributed by atoms with Crippen molar-refractivity contribution in [1.29, 1.82) is 0 Å². The number of para-hydroxylation sites is 1. The average molecular weight is 446 g/mol. The number of benzene rings is 2. The van der Waals surface area contributed by atoms with Gasteiger partial charge in [0.2, 0.25) is 0 Å². The molecular formula is C24H23N5O2S. The highest BCUT2D eigenvalue weighted by atomic mass is 32.1. The molecule has 0 atom stereocenters. The summed E-state index contributed by atoms with van der Waals surface area (Å²) in [5.41, 5.74) is 4.96. The number of nitrogens with zero attached hydrogens (tertiary/aromatic N) is 3. The lowest BCUT2D eigenvalue weighted by Crippen LogP contribution is -2.23. The van der Waals surface area contributed by atoms with Crippen LogP contribution >= 0.6 is 11.3 Å². The number of nitrogens with one attached hydrogen (secondary N) is 2. The Labute approximate surface area is 189 Å². The Kier molecular flexibility index (Phi) is 5.87. The summed E-state index contributed by atoms with van der Waals surface area (Å²) in [5, 5.41) is 11.0. The number of hydrogen-bond acceptors (Lipinski definition) is 6. The van der Waals surface area contributed by atoms with E-state index in [1.54, 1.807) is 14.0 Å². The number of amides is 1. The summed E-state index contributed by atoms with van der Waals surface area (Å²) in [6, 6.07) is 17.4. The molecule has 1 amide bonds. The number of carbonyl (C=O) groups is 1. The van der Waals surface area contributed by atoms with Crippen molar-refractivity contribution in [3.8, 4) is 10.6 Å². The molecular weight excluding hydrogens is 422 g/mol. The largest absolute Gasteiger partial charge is 0.356 e. The fourth-order valence-electron chi connectivity index (χ4n) is 3.33. The van der Waals surface area contributed by atoms with Crippen molar-refractivity contribution in [3.05, 3.63) is 86.8 Å². The van der Waals surface area contributed by atoms with E-state index in [1.165, 1.54) is 16.0 Å². The zero-order valence-electron chi connectivity index (χ0n) is 18.3. The second-order valence-electron chi connectivity index (χ2n) is 7.47. The van der Waals surface area contributed by atoms with Gasteiger partial charge in [-0.05, 0) is 62.7 Å². The Morgan fingerprint density at radius 1 is 0.906 bits per heavy atom. The molecule has 0 bridgehead atoms. The third-order valence-corrected chi connectivity index (χ3v) is 6.32. The molecule has 4 rings (SSSR count). The molecule has 2 aromatic carbocycles. The van der Waals surface area contributed by atoms with E-state index in [1.807, 2.05) is 68.4 Å². The number of thiazole rings is 1. The third kappa shape index (κ3) is 4.31. The summed E-state index contributed by atoms with van der Waals surface area (Å²) in [7, 11) is 1.61. The molecule has 0 aliphatic carbocycles. The van der Waals surface area contributed by atoms with Crippen LogP contribution in [-0.2, 0) is 7.05 Å². The first-order chi connectivity index (χ1) is 15.3. The van der Waals surface area contributed by atoms with Gasteiger partial charge < -0.3 is 10.6 Å². The van der Waals surface area contributed by atoms with Crippen LogP contribution in [0, 0.1) is 20.8 Å². The van der Waals surface area contributed by atoms with E-state index in [0.29, 0.717) is 26.8 Å². The van der Waals surface area contributed by atoms with E-state index < -0.39 is 0 Å². The first-order valence-electron chi connectivity index (χ1n) is 10.1. The molecule has 0 aliphatic heterocycles. The van der Waals surface area contributed by atoms with Gasteiger partial charge in [0.25, 0.3) is 11.5 Å². The van der Waals surface area contributed by atoms with E-state index in [4.69, 9.17) is 0 Å². The van der Waals surface area contributed by atoms with Crippen LogP contribution in [0.15, 0.2) is 59.4 Å². The molecule has 0 fully saturated rings. The van der Waals surface area contributed by atoms with Crippen LogP contribution in [0.2, 0.25) is 0 Å². The van der Waals surface area contributed by atoms with Gasteiger partial charge in [0.1, 0.15) is 9.88 Å². The van der Waals surface area contributed by atoms with Crippen molar-refractivity contribution >= 4 is 34.3 Å². The fraction of sp³-hybridized carbons (Fsp3) is 0.167. The predicted octanol–water partition coefficient (Wildman–Crippen LogP) is 4.82. The molecule has 162 valence electrons. The van der Waals surface area contributed by atoms with Crippen LogP contribution in [0.25, 0.3) is 10.6 Å². The number of aromatic nitrogens is 3. The Hall–Kier alpha value is -3.78. The molecule has 0 saturated heterocycles. The molecule has 0 unspecified atom stereocenters. The van der Waals surface area contributed by atoms with Crippen molar-refractivity contribution < 1.29 is 4.79 Å².